The summed E-state index contributed by atoms with van der Waals surface area (Å²) in [5.74, 6) is 0.0851. The highest BCUT2D eigenvalue weighted by atomic mass is 35.5. The fraction of sp³-hybridized carbons (Fsp3) is 0.588. The van der Waals surface area contributed by atoms with Crippen molar-refractivity contribution in [3.05, 3.63) is 35.9 Å². The van der Waals surface area contributed by atoms with Crippen molar-refractivity contribution in [2.75, 3.05) is 26.2 Å². The van der Waals surface area contributed by atoms with E-state index in [1.807, 2.05) is 31.7 Å². The first kappa shape index (κ1) is 22.2. The van der Waals surface area contributed by atoms with Gasteiger partial charge in [0.2, 0.25) is 5.91 Å². The minimum absolute atomic E-state index is 0. The second kappa shape index (κ2) is 9.48. The van der Waals surface area contributed by atoms with Crippen LogP contribution in [0.4, 0.5) is 0 Å². The molecule has 2 N–H and O–H groups in total. The summed E-state index contributed by atoms with van der Waals surface area (Å²) in [6.07, 6.45) is 0. The largest absolute Gasteiger partial charge is 0.339 e. The van der Waals surface area contributed by atoms with Crippen LogP contribution in [0.15, 0.2) is 30.3 Å². The Labute approximate surface area is 152 Å². The third-order valence-corrected chi connectivity index (χ3v) is 4.13. The van der Waals surface area contributed by atoms with E-state index < -0.39 is 6.04 Å². The maximum Gasteiger partial charge on any atom is 0.240 e. The molecule has 0 unspecified atom stereocenters. The first-order chi connectivity index (χ1) is 9.88. The molecule has 6 heteroatoms. The summed E-state index contributed by atoms with van der Waals surface area (Å²) in [6, 6.07) is 10.0. The summed E-state index contributed by atoms with van der Waals surface area (Å²) in [5.41, 5.74) is 7.22. The molecule has 0 aliphatic carbocycles. The molecular weight excluding hydrogens is 333 g/mol. The maximum atomic E-state index is 12.4. The van der Waals surface area contributed by atoms with Crippen LogP contribution in [-0.4, -0.2) is 47.9 Å². The fourth-order valence-corrected chi connectivity index (χ4v) is 2.54. The zero-order valence-electron chi connectivity index (χ0n) is 14.2. The predicted octanol–water partition coefficient (Wildman–Crippen LogP) is 2.55. The van der Waals surface area contributed by atoms with Gasteiger partial charge in [-0.25, -0.2) is 0 Å². The molecule has 1 heterocycles. The Morgan fingerprint density at radius 1 is 1.09 bits per heavy atom. The van der Waals surface area contributed by atoms with E-state index in [1.54, 1.807) is 0 Å². The summed E-state index contributed by atoms with van der Waals surface area (Å²) in [4.78, 5) is 16.7. The third kappa shape index (κ3) is 6.30. The standard InChI is InChI=1S/C17H27N3O.2ClH/c1-17(2,3)15(18)16(21)20-11-9-19(10-12-20)13-14-7-5-4-6-8-14;;/h4-8,15H,9-13,18H2,1-3H3;2*1H/t15-;;/m1../s1. The summed E-state index contributed by atoms with van der Waals surface area (Å²) < 4.78 is 0. The quantitative estimate of drug-likeness (QED) is 0.899. The monoisotopic (exact) mass is 361 g/mol. The van der Waals surface area contributed by atoms with Crippen LogP contribution in [0.25, 0.3) is 0 Å². The van der Waals surface area contributed by atoms with E-state index in [0.717, 1.165) is 32.7 Å². The van der Waals surface area contributed by atoms with Crippen LogP contribution in [0, 0.1) is 5.41 Å². The van der Waals surface area contributed by atoms with Gasteiger partial charge in [0.25, 0.3) is 0 Å². The summed E-state index contributed by atoms with van der Waals surface area (Å²) in [5, 5.41) is 0. The van der Waals surface area contributed by atoms with Gasteiger partial charge in [-0.1, -0.05) is 51.1 Å². The molecule has 23 heavy (non-hydrogen) atoms. The highest BCUT2D eigenvalue weighted by Crippen LogP contribution is 2.20. The molecule has 1 aliphatic heterocycles. The summed E-state index contributed by atoms with van der Waals surface area (Å²) in [7, 11) is 0. The number of rotatable bonds is 3. The van der Waals surface area contributed by atoms with Gasteiger partial charge in [0.15, 0.2) is 0 Å². The smallest absolute Gasteiger partial charge is 0.240 e. The van der Waals surface area contributed by atoms with Gasteiger partial charge < -0.3 is 10.6 Å². The van der Waals surface area contributed by atoms with Gasteiger partial charge in [-0.05, 0) is 11.0 Å². The van der Waals surface area contributed by atoms with Gasteiger partial charge in [0.1, 0.15) is 0 Å². The Hall–Kier alpha value is -0.810. The van der Waals surface area contributed by atoms with Crippen molar-refractivity contribution < 1.29 is 4.79 Å². The molecule has 1 aliphatic rings. The number of hydrogen-bond acceptors (Lipinski definition) is 3. The minimum Gasteiger partial charge on any atom is -0.339 e. The lowest BCUT2D eigenvalue weighted by molar-refractivity contribution is -0.136. The van der Waals surface area contributed by atoms with Crippen molar-refractivity contribution in [3.8, 4) is 0 Å². The van der Waals surface area contributed by atoms with Crippen molar-refractivity contribution in [1.29, 1.82) is 0 Å². The molecule has 0 spiro atoms. The lowest BCUT2D eigenvalue weighted by Crippen LogP contribution is -2.56. The van der Waals surface area contributed by atoms with Crippen LogP contribution >= 0.6 is 24.8 Å². The number of nitrogens with two attached hydrogens (primary N) is 1. The Morgan fingerprint density at radius 3 is 2.09 bits per heavy atom. The van der Waals surface area contributed by atoms with Gasteiger partial charge >= 0.3 is 0 Å². The molecule has 0 bridgehead atoms. The zero-order chi connectivity index (χ0) is 15.5. The number of halogens is 2. The summed E-state index contributed by atoms with van der Waals surface area (Å²) in [6.45, 7) is 10.4. The minimum atomic E-state index is -0.418. The average molecular weight is 362 g/mol. The second-order valence-electron chi connectivity index (χ2n) is 6.93. The number of hydrogen-bond donors (Lipinski definition) is 1. The van der Waals surface area contributed by atoms with Crippen molar-refractivity contribution in [3.63, 3.8) is 0 Å². The maximum absolute atomic E-state index is 12.4. The van der Waals surface area contributed by atoms with E-state index in [9.17, 15) is 4.79 Å². The SMILES string of the molecule is CC(C)(C)[C@H](N)C(=O)N1CCN(Cc2ccccc2)CC1.Cl.Cl. The highest BCUT2D eigenvalue weighted by molar-refractivity contribution is 5.85. The molecule has 1 aromatic carbocycles. The van der Waals surface area contributed by atoms with Crippen LogP contribution in [0.2, 0.25) is 0 Å². The lowest BCUT2D eigenvalue weighted by Gasteiger charge is -2.38. The predicted molar refractivity (Wildman–Crippen MR) is 100 cm³/mol. The Kier molecular flexibility index (Phi) is 9.14. The molecule has 132 valence electrons. The molecule has 4 nitrogen and oxygen atoms in total. The van der Waals surface area contributed by atoms with E-state index >= 15 is 0 Å². The first-order valence-corrected chi connectivity index (χ1v) is 7.68. The highest BCUT2D eigenvalue weighted by Gasteiger charge is 2.32. The van der Waals surface area contributed by atoms with Crippen LogP contribution in [0.5, 0.6) is 0 Å². The van der Waals surface area contributed by atoms with Gasteiger partial charge in [0.05, 0.1) is 6.04 Å². The molecular formula is C17H29Cl2N3O. The van der Waals surface area contributed by atoms with Crippen LogP contribution in [-0.2, 0) is 11.3 Å². The molecule has 2 rings (SSSR count). The van der Waals surface area contributed by atoms with Crippen LogP contribution < -0.4 is 5.73 Å². The number of benzene rings is 1. The average Bonchev–Trinajstić information content (AvgIpc) is 2.46. The van der Waals surface area contributed by atoms with Crippen molar-refractivity contribution >= 4 is 30.7 Å². The van der Waals surface area contributed by atoms with Gasteiger partial charge in [-0.3, -0.25) is 9.69 Å². The number of nitrogens with zero attached hydrogens (tertiary/aromatic N) is 2. The third-order valence-electron chi connectivity index (χ3n) is 4.13. The van der Waals surface area contributed by atoms with Crippen LogP contribution in [0.3, 0.4) is 0 Å². The van der Waals surface area contributed by atoms with Gasteiger partial charge in [-0.2, -0.15) is 0 Å². The normalized spacial score (nSPS) is 17.0. The lowest BCUT2D eigenvalue weighted by atomic mass is 9.86. The van der Waals surface area contributed by atoms with E-state index in [2.05, 4.69) is 29.2 Å². The fourth-order valence-electron chi connectivity index (χ4n) is 2.54. The molecule has 0 radical (unpaired) electrons. The van der Waals surface area contributed by atoms with Crippen molar-refractivity contribution in [2.24, 2.45) is 11.1 Å². The Balaban J connectivity index is 0.00000242. The van der Waals surface area contributed by atoms with E-state index in [0.29, 0.717) is 0 Å². The van der Waals surface area contributed by atoms with Crippen molar-refractivity contribution in [2.45, 2.75) is 33.4 Å². The van der Waals surface area contributed by atoms with E-state index in [4.69, 9.17) is 5.73 Å². The van der Waals surface area contributed by atoms with E-state index in [-0.39, 0.29) is 36.1 Å². The van der Waals surface area contributed by atoms with Gasteiger partial charge in [0, 0.05) is 32.7 Å². The molecule has 1 aromatic rings. The molecule has 1 fully saturated rings. The number of carbonyl (C=O) groups is 1. The number of piperazine rings is 1. The molecule has 1 amide bonds. The number of amides is 1. The topological polar surface area (TPSA) is 49.6 Å². The Bertz CT molecular complexity index is 468. The first-order valence-electron chi connectivity index (χ1n) is 7.68. The van der Waals surface area contributed by atoms with Gasteiger partial charge in [-0.15, -0.1) is 24.8 Å². The summed E-state index contributed by atoms with van der Waals surface area (Å²) >= 11 is 0. The van der Waals surface area contributed by atoms with E-state index in [1.165, 1.54) is 5.56 Å². The molecule has 0 saturated carbocycles. The van der Waals surface area contributed by atoms with Crippen LogP contribution in [0.1, 0.15) is 26.3 Å². The Morgan fingerprint density at radius 2 is 1.61 bits per heavy atom. The second-order valence-corrected chi connectivity index (χ2v) is 6.93. The molecule has 0 aromatic heterocycles. The zero-order valence-corrected chi connectivity index (χ0v) is 15.8. The molecule has 1 atom stereocenters. The molecule has 1 saturated heterocycles. The van der Waals surface area contributed by atoms with Crippen molar-refractivity contribution in [1.82, 2.24) is 9.80 Å². The number of carbonyl (C=O) groups excluding carboxylic acids is 1.